The SMILES string of the molecule is O=C(NCc1ccc(Cl)cc1Cl)C1CCN(S(=O)(=O)CCCc2ccccc2)CC1. The summed E-state index contributed by atoms with van der Waals surface area (Å²) in [6, 6.07) is 15.0. The lowest BCUT2D eigenvalue weighted by Crippen LogP contribution is -2.43. The molecular formula is C22H26Cl2N2O3S. The number of rotatable bonds is 8. The van der Waals surface area contributed by atoms with Crippen LogP contribution in [0.25, 0.3) is 0 Å². The Labute approximate surface area is 188 Å². The van der Waals surface area contributed by atoms with Gasteiger partial charge in [0.05, 0.1) is 5.75 Å². The Bertz CT molecular complexity index is 960. The number of benzene rings is 2. The molecule has 0 saturated carbocycles. The minimum absolute atomic E-state index is 0.0675. The highest BCUT2D eigenvalue weighted by Crippen LogP contribution is 2.23. The molecule has 0 unspecified atom stereocenters. The van der Waals surface area contributed by atoms with Gasteiger partial charge in [0.1, 0.15) is 0 Å². The van der Waals surface area contributed by atoms with E-state index in [-0.39, 0.29) is 17.6 Å². The van der Waals surface area contributed by atoms with Crippen LogP contribution in [0, 0.1) is 5.92 Å². The summed E-state index contributed by atoms with van der Waals surface area (Å²) < 4.78 is 26.8. The predicted molar refractivity (Wildman–Crippen MR) is 121 cm³/mol. The lowest BCUT2D eigenvalue weighted by atomic mass is 9.97. The second kappa shape index (κ2) is 10.6. The Morgan fingerprint density at radius 3 is 2.43 bits per heavy atom. The average molecular weight is 469 g/mol. The monoisotopic (exact) mass is 468 g/mol. The van der Waals surface area contributed by atoms with Crippen molar-refractivity contribution in [3.05, 3.63) is 69.7 Å². The molecule has 162 valence electrons. The van der Waals surface area contributed by atoms with Gasteiger partial charge in [-0.05, 0) is 48.9 Å². The van der Waals surface area contributed by atoms with Gasteiger partial charge in [0, 0.05) is 35.6 Å². The third-order valence-corrected chi connectivity index (χ3v) is 7.94. The molecular weight excluding hydrogens is 443 g/mol. The number of nitrogens with zero attached hydrogens (tertiary/aromatic N) is 1. The van der Waals surface area contributed by atoms with Crippen LogP contribution in [0.1, 0.15) is 30.4 Å². The Hall–Kier alpha value is -1.60. The lowest BCUT2D eigenvalue weighted by Gasteiger charge is -2.30. The molecule has 5 nitrogen and oxygen atoms in total. The largest absolute Gasteiger partial charge is 0.352 e. The van der Waals surface area contributed by atoms with Gasteiger partial charge in [-0.2, -0.15) is 0 Å². The normalized spacial score (nSPS) is 15.8. The molecule has 1 fully saturated rings. The summed E-state index contributed by atoms with van der Waals surface area (Å²) in [6.07, 6.45) is 2.39. The molecule has 0 spiro atoms. The second-order valence-corrected chi connectivity index (χ2v) is 10.5. The molecule has 30 heavy (non-hydrogen) atoms. The number of halogens is 2. The Morgan fingerprint density at radius 1 is 1.07 bits per heavy atom. The minimum atomic E-state index is -3.30. The fourth-order valence-corrected chi connectivity index (χ4v) is 5.63. The van der Waals surface area contributed by atoms with E-state index in [0.717, 1.165) is 17.5 Å². The first-order valence-corrected chi connectivity index (χ1v) is 12.4. The number of aryl methyl sites for hydroxylation is 1. The van der Waals surface area contributed by atoms with E-state index in [4.69, 9.17) is 23.2 Å². The number of nitrogens with one attached hydrogen (secondary N) is 1. The molecule has 1 amide bonds. The topological polar surface area (TPSA) is 66.5 Å². The first-order chi connectivity index (χ1) is 14.3. The molecule has 1 heterocycles. The number of piperidine rings is 1. The second-order valence-electron chi connectivity index (χ2n) is 7.53. The molecule has 2 aromatic rings. The zero-order chi connectivity index (χ0) is 21.6. The van der Waals surface area contributed by atoms with Crippen LogP contribution in [0.4, 0.5) is 0 Å². The maximum absolute atomic E-state index is 12.6. The summed E-state index contributed by atoms with van der Waals surface area (Å²) in [7, 11) is -3.30. The van der Waals surface area contributed by atoms with Crippen molar-refractivity contribution in [1.29, 1.82) is 0 Å². The number of sulfonamides is 1. The number of amides is 1. The fourth-order valence-electron chi connectivity index (χ4n) is 3.62. The molecule has 8 heteroatoms. The lowest BCUT2D eigenvalue weighted by molar-refractivity contribution is -0.126. The van der Waals surface area contributed by atoms with Crippen LogP contribution in [0.15, 0.2) is 48.5 Å². The quantitative estimate of drug-likeness (QED) is 0.628. The molecule has 1 saturated heterocycles. The highest BCUT2D eigenvalue weighted by Gasteiger charge is 2.30. The first-order valence-electron chi connectivity index (χ1n) is 10.1. The van der Waals surface area contributed by atoms with Crippen LogP contribution < -0.4 is 5.32 Å². The number of hydrogen-bond acceptors (Lipinski definition) is 3. The molecule has 1 N–H and O–H groups in total. The van der Waals surface area contributed by atoms with E-state index in [1.807, 2.05) is 30.3 Å². The summed E-state index contributed by atoms with van der Waals surface area (Å²) in [6.45, 7) is 1.09. The fraction of sp³-hybridized carbons (Fsp3) is 0.409. The zero-order valence-electron chi connectivity index (χ0n) is 16.7. The van der Waals surface area contributed by atoms with Crippen LogP contribution in [0.2, 0.25) is 10.0 Å². The molecule has 0 bridgehead atoms. The van der Waals surface area contributed by atoms with Gasteiger partial charge in [-0.3, -0.25) is 4.79 Å². The molecule has 2 aromatic carbocycles. The number of carbonyl (C=O) groups excluding carboxylic acids is 1. The predicted octanol–water partition coefficient (Wildman–Crippen LogP) is 4.28. The van der Waals surface area contributed by atoms with Crippen molar-refractivity contribution in [3.63, 3.8) is 0 Å². The van der Waals surface area contributed by atoms with Gasteiger partial charge in [-0.25, -0.2) is 12.7 Å². The van der Waals surface area contributed by atoms with Gasteiger partial charge in [-0.15, -0.1) is 0 Å². The molecule has 0 radical (unpaired) electrons. The zero-order valence-corrected chi connectivity index (χ0v) is 19.0. The van der Waals surface area contributed by atoms with Gasteiger partial charge in [-0.1, -0.05) is 59.6 Å². The minimum Gasteiger partial charge on any atom is -0.352 e. The summed E-state index contributed by atoms with van der Waals surface area (Å²) in [5.74, 6) is -0.123. The molecule has 0 atom stereocenters. The van der Waals surface area contributed by atoms with Crippen molar-refractivity contribution < 1.29 is 13.2 Å². The van der Waals surface area contributed by atoms with Crippen LogP contribution in [-0.2, 0) is 27.8 Å². The van der Waals surface area contributed by atoms with E-state index in [1.54, 1.807) is 18.2 Å². The van der Waals surface area contributed by atoms with E-state index >= 15 is 0 Å². The summed E-state index contributed by atoms with van der Waals surface area (Å²) in [5, 5.41) is 3.96. The number of carbonyl (C=O) groups is 1. The molecule has 0 aliphatic carbocycles. The van der Waals surface area contributed by atoms with Gasteiger partial charge >= 0.3 is 0 Å². The maximum atomic E-state index is 12.6. The van der Waals surface area contributed by atoms with Gasteiger partial charge < -0.3 is 5.32 Å². The average Bonchev–Trinajstić information content (AvgIpc) is 2.74. The number of hydrogen-bond donors (Lipinski definition) is 1. The molecule has 1 aliphatic rings. The maximum Gasteiger partial charge on any atom is 0.223 e. The van der Waals surface area contributed by atoms with Crippen molar-refractivity contribution in [2.45, 2.75) is 32.2 Å². The van der Waals surface area contributed by atoms with E-state index in [1.165, 1.54) is 4.31 Å². The first kappa shape index (κ1) is 23.1. The summed E-state index contributed by atoms with van der Waals surface area (Å²) in [4.78, 5) is 12.5. The van der Waals surface area contributed by atoms with Gasteiger partial charge in [0.15, 0.2) is 0 Å². The van der Waals surface area contributed by atoms with Crippen molar-refractivity contribution in [1.82, 2.24) is 9.62 Å². The highest BCUT2D eigenvalue weighted by atomic mass is 35.5. The highest BCUT2D eigenvalue weighted by molar-refractivity contribution is 7.89. The molecule has 1 aliphatic heterocycles. The van der Waals surface area contributed by atoms with Crippen LogP contribution >= 0.6 is 23.2 Å². The van der Waals surface area contributed by atoms with Gasteiger partial charge in [0.2, 0.25) is 15.9 Å². The summed E-state index contributed by atoms with van der Waals surface area (Å²) in [5.41, 5.74) is 1.94. The Morgan fingerprint density at radius 2 is 1.77 bits per heavy atom. The molecule has 0 aromatic heterocycles. The Balaban J connectivity index is 1.43. The van der Waals surface area contributed by atoms with Crippen molar-refractivity contribution >= 4 is 39.1 Å². The third kappa shape index (κ3) is 6.45. The standard InChI is InChI=1S/C22H26Cl2N2O3S/c23-20-9-8-19(21(24)15-20)16-25-22(27)18-10-12-26(13-11-18)30(28,29)14-4-7-17-5-2-1-3-6-17/h1-3,5-6,8-9,15,18H,4,7,10-14,16H2,(H,25,27). The van der Waals surface area contributed by atoms with Crippen molar-refractivity contribution in [3.8, 4) is 0 Å². The van der Waals surface area contributed by atoms with Crippen molar-refractivity contribution in [2.75, 3.05) is 18.8 Å². The van der Waals surface area contributed by atoms with Crippen molar-refractivity contribution in [2.24, 2.45) is 5.92 Å². The Kier molecular flexibility index (Phi) is 8.17. The third-order valence-electron chi connectivity index (χ3n) is 5.40. The van der Waals surface area contributed by atoms with Crippen LogP contribution in [-0.4, -0.2) is 37.5 Å². The van der Waals surface area contributed by atoms with E-state index in [2.05, 4.69) is 5.32 Å². The summed E-state index contributed by atoms with van der Waals surface area (Å²) >= 11 is 12.0. The van der Waals surface area contributed by atoms with E-state index in [9.17, 15) is 13.2 Å². The van der Waals surface area contributed by atoms with Crippen LogP contribution in [0.3, 0.4) is 0 Å². The van der Waals surface area contributed by atoms with Gasteiger partial charge in [0.25, 0.3) is 0 Å². The van der Waals surface area contributed by atoms with E-state index < -0.39 is 10.0 Å². The van der Waals surface area contributed by atoms with Crippen LogP contribution in [0.5, 0.6) is 0 Å². The van der Waals surface area contributed by atoms with E-state index in [0.29, 0.717) is 48.9 Å². The molecule has 3 rings (SSSR count). The smallest absolute Gasteiger partial charge is 0.223 e.